The van der Waals surface area contributed by atoms with E-state index in [0.717, 1.165) is 21.8 Å². The summed E-state index contributed by atoms with van der Waals surface area (Å²) in [4.78, 5) is 15.0. The zero-order chi connectivity index (χ0) is 34.7. The van der Waals surface area contributed by atoms with Crippen LogP contribution in [0.25, 0.3) is 0 Å². The Morgan fingerprint density at radius 3 is 1.87 bits per heavy atom. The van der Waals surface area contributed by atoms with Crippen molar-refractivity contribution in [2.45, 2.75) is 71.7 Å². The summed E-state index contributed by atoms with van der Waals surface area (Å²) >= 11 is 0. The maximum atomic E-state index is 13.8. The minimum absolute atomic E-state index is 0. The molecule has 0 saturated heterocycles. The SMILES string of the molecule is CCN(CCC(C)(C)CCC(=O)O)c1ccc(C(F)(F)F)cc1CN(Cc1cc(C(F)(F)F)cc(C(F)(F)F)c1)c1nnn(C)n1.Cl. The Bertz CT molecular complexity index is 1470. The highest BCUT2D eigenvalue weighted by atomic mass is 35.5. The van der Waals surface area contributed by atoms with E-state index in [0.29, 0.717) is 43.8 Å². The number of halogens is 10. The Labute approximate surface area is 270 Å². The van der Waals surface area contributed by atoms with Crippen LogP contribution in [-0.4, -0.2) is 44.4 Å². The first-order chi connectivity index (χ1) is 21.1. The molecule has 1 aromatic heterocycles. The van der Waals surface area contributed by atoms with E-state index in [1.807, 2.05) is 13.8 Å². The van der Waals surface area contributed by atoms with Crippen molar-refractivity contribution in [1.82, 2.24) is 20.2 Å². The quantitative estimate of drug-likeness (QED) is 0.181. The minimum Gasteiger partial charge on any atom is -0.481 e. The number of carboxylic acid groups (broad SMARTS) is 1. The monoisotopic (exact) mass is 704 g/mol. The minimum atomic E-state index is -5.11. The lowest BCUT2D eigenvalue weighted by atomic mass is 9.84. The van der Waals surface area contributed by atoms with Gasteiger partial charge in [-0.15, -0.1) is 17.5 Å². The molecule has 0 amide bonds. The van der Waals surface area contributed by atoms with Crippen LogP contribution < -0.4 is 9.80 Å². The Morgan fingerprint density at radius 2 is 1.40 bits per heavy atom. The average Bonchev–Trinajstić information content (AvgIpc) is 3.37. The first-order valence-electron chi connectivity index (χ1n) is 14.0. The van der Waals surface area contributed by atoms with Crippen LogP contribution in [0.2, 0.25) is 0 Å². The molecular weight excluding hydrogens is 671 g/mol. The highest BCUT2D eigenvalue weighted by molar-refractivity contribution is 5.85. The third-order valence-electron chi connectivity index (χ3n) is 7.37. The number of alkyl halides is 9. The van der Waals surface area contributed by atoms with Gasteiger partial charge in [0.2, 0.25) is 0 Å². The van der Waals surface area contributed by atoms with Crippen molar-refractivity contribution >= 4 is 30.0 Å². The van der Waals surface area contributed by atoms with Crippen LogP contribution in [0.1, 0.15) is 67.9 Å². The zero-order valence-electron chi connectivity index (χ0n) is 25.8. The predicted molar refractivity (Wildman–Crippen MR) is 157 cm³/mol. The molecule has 0 atom stereocenters. The number of carbonyl (C=O) groups is 1. The number of nitrogens with zero attached hydrogens (tertiary/aromatic N) is 6. The van der Waals surface area contributed by atoms with Crippen molar-refractivity contribution < 1.29 is 49.4 Å². The Balaban J connectivity index is 0.00000768. The summed E-state index contributed by atoms with van der Waals surface area (Å²) in [5.74, 6) is -1.21. The Hall–Kier alpha value is -3.76. The maximum absolute atomic E-state index is 13.8. The molecule has 0 spiro atoms. The molecule has 0 saturated carbocycles. The number of aryl methyl sites for hydroxylation is 1. The maximum Gasteiger partial charge on any atom is 0.416 e. The molecule has 0 bridgehead atoms. The van der Waals surface area contributed by atoms with Crippen LogP contribution in [0.15, 0.2) is 36.4 Å². The number of aromatic nitrogens is 4. The molecule has 0 aliphatic carbocycles. The number of hydrogen-bond donors (Lipinski definition) is 1. The van der Waals surface area contributed by atoms with E-state index in [9.17, 15) is 44.3 Å². The molecule has 3 rings (SSSR count). The van der Waals surface area contributed by atoms with Gasteiger partial charge in [-0.05, 0) is 77.9 Å². The van der Waals surface area contributed by atoms with Gasteiger partial charge in [0.1, 0.15) is 0 Å². The predicted octanol–water partition coefficient (Wildman–Crippen LogP) is 8.00. The molecule has 8 nitrogen and oxygen atoms in total. The molecule has 0 radical (unpaired) electrons. The second-order valence-corrected chi connectivity index (χ2v) is 11.6. The summed E-state index contributed by atoms with van der Waals surface area (Å²) < 4.78 is 123. The van der Waals surface area contributed by atoms with Crippen molar-refractivity contribution in [3.05, 3.63) is 64.2 Å². The van der Waals surface area contributed by atoms with Crippen LogP contribution in [0.4, 0.5) is 51.1 Å². The number of anilines is 2. The molecule has 0 aliphatic heterocycles. The normalized spacial score (nSPS) is 12.5. The van der Waals surface area contributed by atoms with Crippen LogP contribution in [0.3, 0.4) is 0 Å². The van der Waals surface area contributed by atoms with Gasteiger partial charge in [-0.1, -0.05) is 18.9 Å². The molecule has 0 fully saturated rings. The topological polar surface area (TPSA) is 87.4 Å². The average molecular weight is 705 g/mol. The van der Waals surface area contributed by atoms with E-state index < -0.39 is 65.3 Å². The highest BCUT2D eigenvalue weighted by Crippen LogP contribution is 2.38. The van der Waals surface area contributed by atoms with Crippen molar-refractivity contribution in [3.8, 4) is 0 Å². The lowest BCUT2D eigenvalue weighted by Gasteiger charge is -2.32. The standard InChI is InChI=1S/C29H33F9N6O2.ClH/c1-5-43(11-10-26(2,3)9-8-24(45)46)23-7-6-20(27(30,31)32)14-19(23)17-44(25-39-41-42(4)40-25)16-18-12-21(28(33,34)35)15-22(13-18)29(36,37)38;/h6-7,12-15H,5,8-11,16-17H2,1-4H3,(H,45,46);1H. The van der Waals surface area contributed by atoms with Crippen molar-refractivity contribution in [2.75, 3.05) is 22.9 Å². The third-order valence-corrected chi connectivity index (χ3v) is 7.37. The van der Waals surface area contributed by atoms with Gasteiger partial charge < -0.3 is 14.9 Å². The number of benzene rings is 2. The fourth-order valence-electron chi connectivity index (χ4n) is 4.79. The second kappa shape index (κ2) is 15.0. The Morgan fingerprint density at radius 1 is 0.830 bits per heavy atom. The van der Waals surface area contributed by atoms with Crippen LogP contribution in [0, 0.1) is 5.41 Å². The van der Waals surface area contributed by atoms with Crippen molar-refractivity contribution in [1.29, 1.82) is 0 Å². The van der Waals surface area contributed by atoms with Gasteiger partial charge >= 0.3 is 24.5 Å². The first kappa shape index (κ1) is 39.4. The van der Waals surface area contributed by atoms with Gasteiger partial charge in [-0.2, -0.15) is 44.3 Å². The van der Waals surface area contributed by atoms with E-state index >= 15 is 0 Å². The number of hydrogen-bond acceptors (Lipinski definition) is 6. The molecule has 262 valence electrons. The second-order valence-electron chi connectivity index (χ2n) is 11.6. The number of aliphatic carboxylic acids is 1. The lowest BCUT2D eigenvalue weighted by molar-refractivity contribution is -0.143. The molecule has 47 heavy (non-hydrogen) atoms. The third kappa shape index (κ3) is 11.2. The molecule has 3 aromatic rings. The van der Waals surface area contributed by atoms with Gasteiger partial charge in [0.15, 0.2) is 0 Å². The number of tetrazole rings is 1. The number of carboxylic acids is 1. The van der Waals surface area contributed by atoms with Crippen LogP contribution in [0.5, 0.6) is 0 Å². The lowest BCUT2D eigenvalue weighted by Crippen LogP contribution is -2.31. The number of rotatable bonds is 13. The first-order valence-corrected chi connectivity index (χ1v) is 14.0. The molecule has 1 N–H and O–H groups in total. The molecule has 2 aromatic carbocycles. The van der Waals surface area contributed by atoms with Gasteiger partial charge in [0.25, 0.3) is 5.95 Å². The van der Waals surface area contributed by atoms with E-state index in [4.69, 9.17) is 5.11 Å². The fourth-order valence-corrected chi connectivity index (χ4v) is 4.79. The van der Waals surface area contributed by atoms with E-state index in [1.54, 1.807) is 11.8 Å². The van der Waals surface area contributed by atoms with Gasteiger partial charge in [0.05, 0.1) is 23.7 Å². The summed E-state index contributed by atoms with van der Waals surface area (Å²) in [5, 5.41) is 20.6. The van der Waals surface area contributed by atoms with E-state index in [-0.39, 0.29) is 36.4 Å². The summed E-state index contributed by atoms with van der Waals surface area (Å²) in [6.07, 6.45) is -14.2. The fraction of sp³-hybridized carbons (Fsp3) is 0.517. The van der Waals surface area contributed by atoms with Gasteiger partial charge in [0, 0.05) is 38.3 Å². The van der Waals surface area contributed by atoms with Gasteiger partial charge in [-0.3, -0.25) is 4.79 Å². The zero-order valence-corrected chi connectivity index (χ0v) is 26.6. The van der Waals surface area contributed by atoms with E-state index in [2.05, 4.69) is 15.4 Å². The Kier molecular flexibility index (Phi) is 12.6. The molecule has 18 heteroatoms. The van der Waals surface area contributed by atoms with Crippen molar-refractivity contribution in [2.24, 2.45) is 12.5 Å². The smallest absolute Gasteiger partial charge is 0.416 e. The molecule has 1 heterocycles. The largest absolute Gasteiger partial charge is 0.481 e. The molecular formula is C29H34ClF9N6O2. The van der Waals surface area contributed by atoms with Crippen LogP contribution >= 0.6 is 12.4 Å². The summed E-state index contributed by atoms with van der Waals surface area (Å²) in [7, 11) is 1.36. The highest BCUT2D eigenvalue weighted by Gasteiger charge is 2.37. The van der Waals surface area contributed by atoms with Crippen molar-refractivity contribution in [3.63, 3.8) is 0 Å². The molecule has 0 aliphatic rings. The van der Waals surface area contributed by atoms with E-state index in [1.165, 1.54) is 13.1 Å². The molecule has 0 unspecified atom stereocenters. The summed E-state index contributed by atoms with van der Waals surface area (Å²) in [6, 6.07) is 4.04. The van der Waals surface area contributed by atoms with Crippen LogP contribution in [-0.2, 0) is 43.5 Å². The summed E-state index contributed by atoms with van der Waals surface area (Å²) in [6.45, 7) is 5.04. The summed E-state index contributed by atoms with van der Waals surface area (Å²) in [5.41, 5.74) is -4.61. The van der Waals surface area contributed by atoms with Gasteiger partial charge in [-0.25, -0.2) is 0 Å².